The first-order valence-corrected chi connectivity index (χ1v) is 9.60. The number of amides is 3. The Morgan fingerprint density at radius 1 is 1.14 bits per heavy atom. The van der Waals surface area contributed by atoms with Crippen molar-refractivity contribution in [2.45, 2.75) is 0 Å². The number of thioether (sulfide) groups is 1. The maximum Gasteiger partial charge on any atom is 0.293 e. The van der Waals surface area contributed by atoms with E-state index in [1.807, 2.05) is 18.2 Å². The molecule has 2 heterocycles. The molecule has 0 atom stereocenters. The minimum atomic E-state index is -0.442. The first-order valence-electron chi connectivity index (χ1n) is 8.79. The van der Waals surface area contributed by atoms with Crippen LogP contribution in [0.2, 0.25) is 0 Å². The Labute approximate surface area is 169 Å². The fraction of sp³-hybridized carbons (Fsp3) is 0.0952. The summed E-state index contributed by atoms with van der Waals surface area (Å²) < 4.78 is 18.5. The second kappa shape index (κ2) is 7.92. The molecule has 0 bridgehead atoms. The maximum absolute atomic E-state index is 13.0. The molecule has 1 aliphatic heterocycles. The number of carbonyl (C=O) groups is 3. The minimum absolute atomic E-state index is 0.0391. The Hall–Kier alpha value is -3.39. The largest absolute Gasteiger partial charge is 0.451 e. The van der Waals surface area contributed by atoms with Crippen molar-refractivity contribution >= 4 is 45.9 Å². The topological polar surface area (TPSA) is 79.6 Å². The fourth-order valence-electron chi connectivity index (χ4n) is 2.87. The molecule has 29 heavy (non-hydrogen) atoms. The molecule has 146 valence electrons. The third-order valence-electron chi connectivity index (χ3n) is 4.31. The van der Waals surface area contributed by atoms with E-state index < -0.39 is 17.1 Å². The van der Waals surface area contributed by atoms with Crippen molar-refractivity contribution in [1.29, 1.82) is 0 Å². The maximum atomic E-state index is 13.0. The van der Waals surface area contributed by atoms with Crippen molar-refractivity contribution in [2.24, 2.45) is 0 Å². The van der Waals surface area contributed by atoms with Crippen LogP contribution < -0.4 is 5.32 Å². The summed E-state index contributed by atoms with van der Waals surface area (Å²) in [5.41, 5.74) is 1.23. The van der Waals surface area contributed by atoms with Crippen LogP contribution in [0.1, 0.15) is 16.1 Å². The van der Waals surface area contributed by atoms with Crippen molar-refractivity contribution in [2.75, 3.05) is 13.1 Å². The SMILES string of the molecule is O=C(NCCN1C(=O)S/C(=C\c2ccc(F)cc2)C1=O)c1cc2ccccc2o1. The van der Waals surface area contributed by atoms with Gasteiger partial charge in [0.1, 0.15) is 11.4 Å². The Morgan fingerprint density at radius 2 is 1.90 bits per heavy atom. The third kappa shape index (κ3) is 4.07. The van der Waals surface area contributed by atoms with Crippen molar-refractivity contribution < 1.29 is 23.2 Å². The highest BCUT2D eigenvalue weighted by Crippen LogP contribution is 2.31. The van der Waals surface area contributed by atoms with Gasteiger partial charge < -0.3 is 9.73 Å². The summed E-state index contributed by atoms with van der Waals surface area (Å²) in [6.45, 7) is 0.134. The van der Waals surface area contributed by atoms with E-state index in [2.05, 4.69) is 5.32 Å². The van der Waals surface area contributed by atoms with Gasteiger partial charge in [0.25, 0.3) is 17.1 Å². The number of para-hydroxylation sites is 1. The van der Waals surface area contributed by atoms with E-state index in [0.29, 0.717) is 11.1 Å². The zero-order valence-corrected chi connectivity index (χ0v) is 15.9. The monoisotopic (exact) mass is 410 g/mol. The Balaban J connectivity index is 1.36. The van der Waals surface area contributed by atoms with Crippen molar-refractivity contribution in [3.63, 3.8) is 0 Å². The molecule has 1 fully saturated rings. The summed E-state index contributed by atoms with van der Waals surface area (Å²) in [5, 5.41) is 3.05. The van der Waals surface area contributed by atoms with Crippen LogP contribution in [0.5, 0.6) is 0 Å². The molecule has 1 aromatic heterocycles. The van der Waals surface area contributed by atoms with Crippen LogP contribution >= 0.6 is 11.8 Å². The first kappa shape index (κ1) is 18.9. The summed E-state index contributed by atoms with van der Waals surface area (Å²) >= 11 is 0.813. The number of hydrogen-bond acceptors (Lipinski definition) is 5. The summed E-state index contributed by atoms with van der Waals surface area (Å²) in [4.78, 5) is 38.2. The molecule has 0 saturated carbocycles. The lowest BCUT2D eigenvalue weighted by Gasteiger charge is -2.12. The van der Waals surface area contributed by atoms with Crippen molar-refractivity contribution in [3.8, 4) is 0 Å². The lowest BCUT2D eigenvalue weighted by atomic mass is 10.2. The van der Waals surface area contributed by atoms with Crippen LogP contribution in [-0.4, -0.2) is 35.0 Å². The molecule has 1 aliphatic rings. The first-order chi connectivity index (χ1) is 14.0. The zero-order chi connectivity index (χ0) is 20.4. The molecule has 0 unspecified atom stereocenters. The van der Waals surface area contributed by atoms with E-state index in [4.69, 9.17) is 4.42 Å². The summed E-state index contributed by atoms with van der Waals surface area (Å²) in [6.07, 6.45) is 1.54. The Bertz CT molecular complexity index is 1100. The second-order valence-electron chi connectivity index (χ2n) is 6.29. The number of halogens is 1. The number of carbonyl (C=O) groups excluding carboxylic acids is 3. The van der Waals surface area contributed by atoms with Crippen LogP contribution in [0.4, 0.5) is 9.18 Å². The highest BCUT2D eigenvalue weighted by molar-refractivity contribution is 8.18. The molecular formula is C21H15FN2O4S. The van der Waals surface area contributed by atoms with Gasteiger partial charge in [0, 0.05) is 18.5 Å². The molecule has 4 rings (SSSR count). The minimum Gasteiger partial charge on any atom is -0.451 e. The molecule has 1 N–H and O–H groups in total. The molecular weight excluding hydrogens is 395 g/mol. The number of rotatable bonds is 5. The molecule has 3 amide bonds. The average Bonchev–Trinajstić information content (AvgIpc) is 3.26. The summed E-state index contributed by atoms with van der Waals surface area (Å²) in [5.74, 6) is -1.08. The third-order valence-corrected chi connectivity index (χ3v) is 5.22. The molecule has 3 aromatic rings. The van der Waals surface area contributed by atoms with Crippen LogP contribution in [0.15, 0.2) is 63.9 Å². The van der Waals surface area contributed by atoms with Crippen LogP contribution in [0.3, 0.4) is 0 Å². The molecule has 6 nitrogen and oxygen atoms in total. The molecule has 0 spiro atoms. The second-order valence-corrected chi connectivity index (χ2v) is 7.28. The van der Waals surface area contributed by atoms with Crippen molar-refractivity contribution in [1.82, 2.24) is 10.2 Å². The standard InChI is InChI=1S/C21H15FN2O4S/c22-15-7-5-13(6-8-15)11-18-20(26)24(21(27)29-18)10-9-23-19(25)17-12-14-3-1-2-4-16(14)28-17/h1-8,11-12H,9-10H2,(H,23,25)/b18-11-. The predicted molar refractivity (Wildman–Crippen MR) is 108 cm³/mol. The van der Waals surface area contributed by atoms with Gasteiger partial charge in [-0.3, -0.25) is 19.3 Å². The average molecular weight is 410 g/mol. The van der Waals surface area contributed by atoms with Crippen molar-refractivity contribution in [3.05, 3.63) is 76.6 Å². The number of nitrogens with zero attached hydrogens (tertiary/aromatic N) is 1. The predicted octanol–water partition coefficient (Wildman–Crippen LogP) is 4.04. The quantitative estimate of drug-likeness (QED) is 0.642. The Kier molecular flexibility index (Phi) is 5.18. The van der Waals surface area contributed by atoms with E-state index in [9.17, 15) is 18.8 Å². The smallest absolute Gasteiger partial charge is 0.293 e. The van der Waals surface area contributed by atoms with E-state index in [-0.39, 0.29) is 29.6 Å². The molecule has 8 heteroatoms. The number of hydrogen-bond donors (Lipinski definition) is 1. The lowest BCUT2D eigenvalue weighted by molar-refractivity contribution is -0.122. The number of furan rings is 1. The normalized spacial score (nSPS) is 15.5. The Morgan fingerprint density at radius 3 is 2.66 bits per heavy atom. The zero-order valence-electron chi connectivity index (χ0n) is 15.1. The van der Waals surface area contributed by atoms with Gasteiger partial charge in [-0.2, -0.15) is 0 Å². The molecule has 0 aliphatic carbocycles. The lowest BCUT2D eigenvalue weighted by Crippen LogP contribution is -2.37. The van der Waals surface area contributed by atoms with Gasteiger partial charge in [0.05, 0.1) is 4.91 Å². The number of fused-ring (bicyclic) bond motifs is 1. The van der Waals surface area contributed by atoms with E-state index in [1.54, 1.807) is 12.1 Å². The highest BCUT2D eigenvalue weighted by atomic mass is 32.2. The van der Waals surface area contributed by atoms with Gasteiger partial charge in [-0.15, -0.1) is 0 Å². The van der Waals surface area contributed by atoms with Crippen LogP contribution in [0, 0.1) is 5.82 Å². The number of imide groups is 1. The summed E-state index contributed by atoms with van der Waals surface area (Å²) in [7, 11) is 0. The van der Waals surface area contributed by atoms with Crippen LogP contribution in [0.25, 0.3) is 17.0 Å². The summed E-state index contributed by atoms with van der Waals surface area (Å²) in [6, 6.07) is 14.5. The van der Waals surface area contributed by atoms with Crippen LogP contribution in [-0.2, 0) is 4.79 Å². The molecule has 2 aromatic carbocycles. The number of nitrogens with one attached hydrogen (secondary N) is 1. The highest BCUT2D eigenvalue weighted by Gasteiger charge is 2.34. The van der Waals surface area contributed by atoms with Gasteiger partial charge >= 0.3 is 0 Å². The van der Waals surface area contributed by atoms with Gasteiger partial charge in [-0.05, 0) is 47.7 Å². The van der Waals surface area contributed by atoms with E-state index in [0.717, 1.165) is 22.0 Å². The molecule has 0 radical (unpaired) electrons. The van der Waals surface area contributed by atoms with Gasteiger partial charge in [-0.25, -0.2) is 4.39 Å². The number of benzene rings is 2. The van der Waals surface area contributed by atoms with Gasteiger partial charge in [-0.1, -0.05) is 30.3 Å². The van der Waals surface area contributed by atoms with E-state index in [1.165, 1.54) is 30.3 Å². The molecule has 1 saturated heterocycles. The fourth-order valence-corrected chi connectivity index (χ4v) is 3.73. The van der Waals surface area contributed by atoms with Gasteiger partial charge in [0.15, 0.2) is 5.76 Å². The van der Waals surface area contributed by atoms with Gasteiger partial charge in [0.2, 0.25) is 0 Å². The van der Waals surface area contributed by atoms with E-state index >= 15 is 0 Å².